The first kappa shape index (κ1) is 20.6. The van der Waals surface area contributed by atoms with Gasteiger partial charge in [0.15, 0.2) is 0 Å². The van der Waals surface area contributed by atoms with Gasteiger partial charge in [0, 0.05) is 17.8 Å². The Morgan fingerprint density at radius 2 is 1.97 bits per heavy atom. The van der Waals surface area contributed by atoms with Crippen LogP contribution in [-0.2, 0) is 0 Å². The number of hydrogen-bond acceptors (Lipinski definition) is 5. The van der Waals surface area contributed by atoms with Crippen molar-refractivity contribution in [3.63, 3.8) is 0 Å². The van der Waals surface area contributed by atoms with Gasteiger partial charge in [-0.3, -0.25) is 4.90 Å². The highest BCUT2D eigenvalue weighted by Gasteiger charge is 2.35. The van der Waals surface area contributed by atoms with Crippen molar-refractivity contribution < 1.29 is 18.4 Å². The molecule has 0 saturated carbocycles. The number of allylic oxidation sites excluding steroid dienone is 1. The van der Waals surface area contributed by atoms with E-state index in [1.54, 1.807) is 17.0 Å². The topological polar surface area (TPSA) is 80.5 Å². The van der Waals surface area contributed by atoms with Gasteiger partial charge in [-0.25, -0.2) is 9.18 Å². The minimum absolute atomic E-state index is 0.201. The molecule has 7 nitrogen and oxygen atoms in total. The average Bonchev–Trinajstić information content (AvgIpc) is 3.24. The Kier molecular flexibility index (Phi) is 5.70. The van der Waals surface area contributed by atoms with E-state index in [0.29, 0.717) is 24.3 Å². The molecule has 2 heterocycles. The number of nitrogens with zero attached hydrogens (tertiary/aromatic N) is 3. The zero-order valence-corrected chi connectivity index (χ0v) is 17.6. The summed E-state index contributed by atoms with van der Waals surface area (Å²) in [5.41, 5.74) is 2.78. The third-order valence-corrected chi connectivity index (χ3v) is 5.18. The van der Waals surface area contributed by atoms with Crippen LogP contribution in [-0.4, -0.2) is 34.2 Å². The molecule has 3 aromatic rings. The highest BCUT2D eigenvalue weighted by Crippen LogP contribution is 2.37. The molecule has 4 rings (SSSR count). The number of urea groups is 1. The fraction of sp³-hybridized carbons (Fsp3) is 0.261. The molecule has 0 radical (unpaired) electrons. The molecule has 2 amide bonds. The maximum absolute atomic E-state index is 13.6. The van der Waals surface area contributed by atoms with Crippen molar-refractivity contribution in [2.45, 2.75) is 26.8 Å². The zero-order valence-electron chi connectivity index (χ0n) is 17.6. The number of hydrogen-bond donors (Lipinski definition) is 1. The monoisotopic (exact) mass is 422 g/mol. The number of halogens is 1. The van der Waals surface area contributed by atoms with Gasteiger partial charge in [0.2, 0.25) is 5.82 Å². The Balaban J connectivity index is 1.77. The second-order valence-electron chi connectivity index (χ2n) is 7.06. The second-order valence-corrected chi connectivity index (χ2v) is 7.06. The van der Waals surface area contributed by atoms with Crippen LogP contribution in [0.3, 0.4) is 0 Å². The van der Waals surface area contributed by atoms with E-state index >= 15 is 0 Å². The summed E-state index contributed by atoms with van der Waals surface area (Å²) in [6.45, 7) is 6.72. The molecule has 1 aromatic heterocycles. The number of aromatic nitrogens is 2. The Bertz CT molecular complexity index is 1120. The molecule has 1 atom stereocenters. The largest absolute Gasteiger partial charge is 0.494 e. The van der Waals surface area contributed by atoms with Crippen LogP contribution in [0.5, 0.6) is 5.75 Å². The van der Waals surface area contributed by atoms with Gasteiger partial charge in [0.1, 0.15) is 11.6 Å². The molecular weight excluding hydrogens is 399 g/mol. The van der Waals surface area contributed by atoms with Crippen LogP contribution in [0.15, 0.2) is 58.8 Å². The first-order valence-corrected chi connectivity index (χ1v) is 10.1. The second kappa shape index (κ2) is 8.59. The summed E-state index contributed by atoms with van der Waals surface area (Å²) < 4.78 is 24.7. The first-order chi connectivity index (χ1) is 15.0. The highest BCUT2D eigenvalue weighted by molar-refractivity contribution is 5.86. The molecule has 1 unspecified atom stereocenters. The van der Waals surface area contributed by atoms with Crippen LogP contribution < -0.4 is 10.1 Å². The first-order valence-electron chi connectivity index (χ1n) is 10.1. The van der Waals surface area contributed by atoms with E-state index in [2.05, 4.69) is 15.5 Å². The maximum atomic E-state index is 13.6. The third-order valence-electron chi connectivity index (χ3n) is 5.18. The van der Waals surface area contributed by atoms with Crippen molar-refractivity contribution in [3.8, 4) is 17.1 Å². The third kappa shape index (κ3) is 4.01. The number of ether oxygens (including phenoxy) is 1. The highest BCUT2D eigenvalue weighted by atomic mass is 19.1. The summed E-state index contributed by atoms with van der Waals surface area (Å²) in [5.74, 6) is 0.917. The van der Waals surface area contributed by atoms with Crippen LogP contribution in [0.2, 0.25) is 0 Å². The smallest absolute Gasteiger partial charge is 0.322 e. The molecule has 2 aromatic carbocycles. The number of carbonyl (C=O) groups is 1. The number of nitrogens with one attached hydrogen (secondary N) is 1. The summed E-state index contributed by atoms with van der Waals surface area (Å²) in [4.78, 5) is 18.8. The lowest BCUT2D eigenvalue weighted by Gasteiger charge is -2.34. The van der Waals surface area contributed by atoms with Gasteiger partial charge in [-0.2, -0.15) is 4.98 Å². The molecule has 1 aliphatic rings. The molecule has 160 valence electrons. The van der Waals surface area contributed by atoms with Gasteiger partial charge < -0.3 is 14.6 Å². The van der Waals surface area contributed by atoms with Crippen LogP contribution in [0.4, 0.5) is 9.18 Å². The van der Waals surface area contributed by atoms with Gasteiger partial charge in [-0.05, 0) is 50.6 Å². The quantitative estimate of drug-likeness (QED) is 0.618. The molecule has 0 aliphatic carbocycles. The minimum Gasteiger partial charge on any atom is -0.494 e. The lowest BCUT2D eigenvalue weighted by atomic mass is 9.94. The SMILES string of the molecule is CCOc1ccc(C2NC(=O)N(CC)C(C)=C2c2nc(-c3cccc(F)c3)no2)cc1. The number of carbonyl (C=O) groups excluding carboxylic acids is 1. The molecule has 31 heavy (non-hydrogen) atoms. The molecular formula is C23H23FN4O3. The summed E-state index contributed by atoms with van der Waals surface area (Å²) in [5, 5.41) is 7.06. The van der Waals surface area contributed by atoms with Crippen molar-refractivity contribution >= 4 is 11.6 Å². The predicted molar refractivity (Wildman–Crippen MR) is 114 cm³/mol. The van der Waals surface area contributed by atoms with E-state index in [0.717, 1.165) is 17.0 Å². The fourth-order valence-corrected chi connectivity index (χ4v) is 3.69. The maximum Gasteiger partial charge on any atom is 0.322 e. The fourth-order valence-electron chi connectivity index (χ4n) is 3.69. The Labute approximate surface area is 179 Å². The van der Waals surface area contributed by atoms with E-state index in [9.17, 15) is 9.18 Å². The zero-order chi connectivity index (χ0) is 22.0. The molecule has 0 saturated heterocycles. The lowest BCUT2D eigenvalue weighted by molar-refractivity contribution is 0.207. The van der Waals surface area contributed by atoms with E-state index in [-0.39, 0.29) is 23.6 Å². The van der Waals surface area contributed by atoms with Gasteiger partial charge in [-0.1, -0.05) is 29.4 Å². The van der Waals surface area contributed by atoms with E-state index in [4.69, 9.17) is 9.26 Å². The van der Waals surface area contributed by atoms with Crippen LogP contribution >= 0.6 is 0 Å². The van der Waals surface area contributed by atoms with Gasteiger partial charge in [0.25, 0.3) is 5.89 Å². The summed E-state index contributed by atoms with van der Waals surface area (Å²) >= 11 is 0. The lowest BCUT2D eigenvalue weighted by Crippen LogP contribution is -2.45. The van der Waals surface area contributed by atoms with E-state index < -0.39 is 6.04 Å². The molecule has 1 aliphatic heterocycles. The molecule has 8 heteroatoms. The summed E-state index contributed by atoms with van der Waals surface area (Å²) in [6, 6.07) is 12.8. The molecule has 0 fully saturated rings. The van der Waals surface area contributed by atoms with Crippen LogP contribution in [0, 0.1) is 5.82 Å². The number of benzene rings is 2. The van der Waals surface area contributed by atoms with Crippen molar-refractivity contribution in [1.29, 1.82) is 0 Å². The average molecular weight is 422 g/mol. The standard InChI is InChI=1S/C23H23FN4O3/c1-4-28-14(3)19(22-26-21(27-31-22)16-7-6-8-17(24)13-16)20(25-23(28)29)15-9-11-18(12-10-15)30-5-2/h6-13,20H,4-5H2,1-3H3,(H,25,29). The molecule has 1 N–H and O–H groups in total. The van der Waals surface area contributed by atoms with Crippen molar-refractivity contribution in [3.05, 3.63) is 71.5 Å². The molecule has 0 spiro atoms. The minimum atomic E-state index is -0.480. The Morgan fingerprint density at radius 1 is 1.19 bits per heavy atom. The normalized spacial score (nSPS) is 16.5. The van der Waals surface area contributed by atoms with E-state index in [1.165, 1.54) is 12.1 Å². The van der Waals surface area contributed by atoms with Crippen molar-refractivity contribution in [1.82, 2.24) is 20.4 Å². The predicted octanol–water partition coefficient (Wildman–Crippen LogP) is 4.79. The molecule has 0 bridgehead atoms. The van der Waals surface area contributed by atoms with Gasteiger partial charge in [-0.15, -0.1) is 0 Å². The van der Waals surface area contributed by atoms with Gasteiger partial charge >= 0.3 is 6.03 Å². The Morgan fingerprint density at radius 3 is 2.65 bits per heavy atom. The summed E-state index contributed by atoms with van der Waals surface area (Å²) in [6.07, 6.45) is 0. The van der Waals surface area contributed by atoms with E-state index in [1.807, 2.05) is 45.0 Å². The number of amides is 2. The van der Waals surface area contributed by atoms with Crippen molar-refractivity contribution in [2.75, 3.05) is 13.2 Å². The number of rotatable bonds is 6. The van der Waals surface area contributed by atoms with Crippen LogP contribution in [0.1, 0.15) is 38.3 Å². The van der Waals surface area contributed by atoms with Crippen LogP contribution in [0.25, 0.3) is 17.0 Å². The van der Waals surface area contributed by atoms with Crippen molar-refractivity contribution in [2.24, 2.45) is 0 Å². The Hall–Kier alpha value is -3.68. The summed E-state index contributed by atoms with van der Waals surface area (Å²) in [7, 11) is 0. The van der Waals surface area contributed by atoms with Gasteiger partial charge in [0.05, 0.1) is 18.2 Å².